The van der Waals surface area contributed by atoms with E-state index in [0.717, 1.165) is 29.1 Å². The molecule has 4 heteroatoms. The Morgan fingerprint density at radius 2 is 2.06 bits per heavy atom. The van der Waals surface area contributed by atoms with Gasteiger partial charge in [-0.2, -0.15) is 5.10 Å². The van der Waals surface area contributed by atoms with Crippen LogP contribution in [0.25, 0.3) is 0 Å². The van der Waals surface area contributed by atoms with Gasteiger partial charge in [0.05, 0.1) is 23.5 Å². The first kappa shape index (κ1) is 11.5. The molecule has 0 aliphatic heterocycles. The summed E-state index contributed by atoms with van der Waals surface area (Å²) >= 11 is 0. The Labute approximate surface area is 100 Å². The molecule has 0 saturated carbocycles. The average molecular weight is 229 g/mol. The topological polar surface area (TPSA) is 47.8 Å². The summed E-state index contributed by atoms with van der Waals surface area (Å²) in [5, 5.41) is 4.35. The van der Waals surface area contributed by atoms with Crippen LogP contribution in [0.4, 0.5) is 0 Å². The molecular formula is C13H15N3O. The summed E-state index contributed by atoms with van der Waals surface area (Å²) in [5.41, 5.74) is 4.27. The summed E-state index contributed by atoms with van der Waals surface area (Å²) in [6.07, 6.45) is 0.859. The Hall–Kier alpha value is -1.97. The third-order valence-electron chi connectivity index (χ3n) is 2.81. The van der Waals surface area contributed by atoms with Crippen LogP contribution in [-0.4, -0.2) is 21.1 Å². The Bertz CT molecular complexity index is 558. The molecule has 0 atom stereocenters. The van der Waals surface area contributed by atoms with Gasteiger partial charge in [0.2, 0.25) is 0 Å². The van der Waals surface area contributed by atoms with Crippen LogP contribution in [-0.2, 0) is 6.54 Å². The van der Waals surface area contributed by atoms with Crippen molar-refractivity contribution in [3.8, 4) is 0 Å². The highest BCUT2D eigenvalue weighted by molar-refractivity contribution is 5.78. The van der Waals surface area contributed by atoms with Crippen molar-refractivity contribution >= 4 is 6.29 Å². The quantitative estimate of drug-likeness (QED) is 0.757. The van der Waals surface area contributed by atoms with Crippen LogP contribution >= 0.6 is 0 Å². The molecule has 2 aromatic rings. The van der Waals surface area contributed by atoms with E-state index in [9.17, 15) is 4.79 Å². The first-order chi connectivity index (χ1) is 8.11. The van der Waals surface area contributed by atoms with E-state index in [1.807, 2.05) is 43.7 Å². The Morgan fingerprint density at radius 3 is 2.65 bits per heavy atom. The summed E-state index contributed by atoms with van der Waals surface area (Å²) in [4.78, 5) is 15.3. The number of carbonyl (C=O) groups is 1. The molecule has 17 heavy (non-hydrogen) atoms. The smallest absolute Gasteiger partial charge is 0.153 e. The maximum Gasteiger partial charge on any atom is 0.153 e. The van der Waals surface area contributed by atoms with Crippen LogP contribution in [0.3, 0.4) is 0 Å². The molecule has 0 aliphatic rings. The molecule has 0 aromatic carbocycles. The zero-order valence-corrected chi connectivity index (χ0v) is 10.3. The van der Waals surface area contributed by atoms with Gasteiger partial charge in [-0.15, -0.1) is 0 Å². The first-order valence-electron chi connectivity index (χ1n) is 5.53. The number of hydrogen-bond acceptors (Lipinski definition) is 3. The van der Waals surface area contributed by atoms with Gasteiger partial charge in [0.1, 0.15) is 0 Å². The zero-order valence-electron chi connectivity index (χ0n) is 10.3. The minimum atomic E-state index is 0.599. The molecule has 0 unspecified atom stereocenters. The Balaban J connectivity index is 2.33. The minimum absolute atomic E-state index is 0.599. The maximum absolute atomic E-state index is 10.9. The van der Waals surface area contributed by atoms with Gasteiger partial charge in [-0.1, -0.05) is 6.07 Å². The second-order valence-corrected chi connectivity index (χ2v) is 4.13. The van der Waals surface area contributed by atoms with Crippen molar-refractivity contribution in [3.63, 3.8) is 0 Å². The molecule has 4 nitrogen and oxygen atoms in total. The molecule has 0 radical (unpaired) electrons. The summed E-state index contributed by atoms with van der Waals surface area (Å²) in [6, 6.07) is 5.90. The SMILES string of the molecule is Cc1cccc(Cn2nc(C)c(C=O)c2C)n1. The van der Waals surface area contributed by atoms with Crippen molar-refractivity contribution in [1.29, 1.82) is 0 Å². The van der Waals surface area contributed by atoms with Crippen molar-refractivity contribution in [3.05, 3.63) is 46.5 Å². The van der Waals surface area contributed by atoms with Crippen LogP contribution in [0.15, 0.2) is 18.2 Å². The van der Waals surface area contributed by atoms with Gasteiger partial charge in [-0.25, -0.2) is 0 Å². The van der Waals surface area contributed by atoms with Crippen molar-refractivity contribution < 1.29 is 4.79 Å². The molecule has 88 valence electrons. The van der Waals surface area contributed by atoms with E-state index >= 15 is 0 Å². The van der Waals surface area contributed by atoms with E-state index in [-0.39, 0.29) is 0 Å². The number of carbonyl (C=O) groups excluding carboxylic acids is 1. The monoisotopic (exact) mass is 229 g/mol. The summed E-state index contributed by atoms with van der Waals surface area (Å²) in [6.45, 7) is 6.31. The van der Waals surface area contributed by atoms with Crippen molar-refractivity contribution in [2.75, 3.05) is 0 Å². The average Bonchev–Trinajstić information content (AvgIpc) is 2.54. The van der Waals surface area contributed by atoms with E-state index < -0.39 is 0 Å². The molecule has 2 heterocycles. The van der Waals surface area contributed by atoms with E-state index in [2.05, 4.69) is 10.1 Å². The Morgan fingerprint density at radius 1 is 1.29 bits per heavy atom. The van der Waals surface area contributed by atoms with E-state index in [0.29, 0.717) is 12.1 Å². The lowest BCUT2D eigenvalue weighted by molar-refractivity contribution is 0.112. The predicted octanol–water partition coefficient (Wildman–Crippen LogP) is 2.06. The van der Waals surface area contributed by atoms with Gasteiger partial charge >= 0.3 is 0 Å². The Kier molecular flexibility index (Phi) is 3.04. The van der Waals surface area contributed by atoms with Crippen molar-refractivity contribution in [2.45, 2.75) is 27.3 Å². The van der Waals surface area contributed by atoms with E-state index in [4.69, 9.17) is 0 Å². The molecule has 0 aliphatic carbocycles. The van der Waals surface area contributed by atoms with Gasteiger partial charge in [0, 0.05) is 11.4 Å². The lowest BCUT2D eigenvalue weighted by atomic mass is 10.2. The number of aldehydes is 1. The van der Waals surface area contributed by atoms with Gasteiger partial charge in [0.15, 0.2) is 6.29 Å². The third kappa shape index (κ3) is 2.25. The van der Waals surface area contributed by atoms with Crippen LogP contribution in [0.2, 0.25) is 0 Å². The molecule has 0 fully saturated rings. The van der Waals surface area contributed by atoms with E-state index in [1.165, 1.54) is 0 Å². The van der Waals surface area contributed by atoms with Crippen LogP contribution in [0.5, 0.6) is 0 Å². The van der Waals surface area contributed by atoms with Crippen molar-refractivity contribution in [1.82, 2.24) is 14.8 Å². The molecule has 2 aromatic heterocycles. The number of hydrogen-bond donors (Lipinski definition) is 0. The van der Waals surface area contributed by atoms with Crippen LogP contribution < -0.4 is 0 Å². The largest absolute Gasteiger partial charge is 0.298 e. The first-order valence-corrected chi connectivity index (χ1v) is 5.53. The predicted molar refractivity (Wildman–Crippen MR) is 65.2 cm³/mol. The van der Waals surface area contributed by atoms with Gasteiger partial charge in [0.25, 0.3) is 0 Å². The number of aromatic nitrogens is 3. The highest BCUT2D eigenvalue weighted by Gasteiger charge is 2.10. The third-order valence-corrected chi connectivity index (χ3v) is 2.81. The fraction of sp³-hybridized carbons (Fsp3) is 0.308. The molecular weight excluding hydrogens is 214 g/mol. The standard InChI is InChI=1S/C13H15N3O/c1-9-5-4-6-12(14-9)7-16-11(3)13(8-17)10(2)15-16/h4-6,8H,7H2,1-3H3. The normalized spacial score (nSPS) is 10.5. The molecule has 0 amide bonds. The highest BCUT2D eigenvalue weighted by Crippen LogP contribution is 2.12. The number of pyridine rings is 1. The van der Waals surface area contributed by atoms with Crippen molar-refractivity contribution in [2.24, 2.45) is 0 Å². The van der Waals surface area contributed by atoms with Gasteiger partial charge < -0.3 is 0 Å². The molecule has 0 bridgehead atoms. The molecule has 2 rings (SSSR count). The van der Waals surface area contributed by atoms with Gasteiger partial charge in [-0.3, -0.25) is 14.5 Å². The summed E-state index contributed by atoms with van der Waals surface area (Å²) in [7, 11) is 0. The maximum atomic E-state index is 10.9. The number of rotatable bonds is 3. The second kappa shape index (κ2) is 4.49. The fourth-order valence-corrected chi connectivity index (χ4v) is 1.88. The summed E-state index contributed by atoms with van der Waals surface area (Å²) in [5.74, 6) is 0. The van der Waals surface area contributed by atoms with Crippen LogP contribution in [0.1, 0.15) is 33.1 Å². The highest BCUT2D eigenvalue weighted by atomic mass is 16.1. The lowest BCUT2D eigenvalue weighted by Gasteiger charge is -2.04. The molecule has 0 N–H and O–H groups in total. The van der Waals surface area contributed by atoms with E-state index in [1.54, 1.807) is 0 Å². The van der Waals surface area contributed by atoms with Crippen LogP contribution in [0, 0.1) is 20.8 Å². The lowest BCUT2D eigenvalue weighted by Crippen LogP contribution is -2.06. The molecule has 0 saturated heterocycles. The number of nitrogens with zero attached hydrogens (tertiary/aromatic N) is 3. The fourth-order valence-electron chi connectivity index (χ4n) is 1.88. The van der Waals surface area contributed by atoms with Gasteiger partial charge in [-0.05, 0) is 32.9 Å². The number of aryl methyl sites for hydroxylation is 2. The summed E-state index contributed by atoms with van der Waals surface area (Å²) < 4.78 is 1.82. The molecule has 0 spiro atoms. The minimum Gasteiger partial charge on any atom is -0.298 e. The zero-order chi connectivity index (χ0) is 12.4. The second-order valence-electron chi connectivity index (χ2n) is 4.13.